The van der Waals surface area contributed by atoms with Gasteiger partial charge in [-0.05, 0) is 47.9 Å². The van der Waals surface area contributed by atoms with Gasteiger partial charge in [-0.1, -0.05) is 36.4 Å². The summed E-state index contributed by atoms with van der Waals surface area (Å²) in [5, 5.41) is 3.09. The molecule has 7 nitrogen and oxygen atoms in total. The summed E-state index contributed by atoms with van der Waals surface area (Å²) in [7, 11) is 0. The van der Waals surface area contributed by atoms with Crippen LogP contribution in [-0.4, -0.2) is 67.7 Å². The highest BCUT2D eigenvalue weighted by Crippen LogP contribution is 2.35. The Bertz CT molecular complexity index is 990. The quantitative estimate of drug-likeness (QED) is 0.718. The molecule has 0 radical (unpaired) electrons. The summed E-state index contributed by atoms with van der Waals surface area (Å²) < 4.78 is 11.5. The van der Waals surface area contributed by atoms with Crippen molar-refractivity contribution in [3.8, 4) is 16.9 Å². The van der Waals surface area contributed by atoms with Gasteiger partial charge in [-0.2, -0.15) is 0 Å². The van der Waals surface area contributed by atoms with Gasteiger partial charge in [0.1, 0.15) is 5.75 Å². The van der Waals surface area contributed by atoms with Crippen molar-refractivity contribution in [1.82, 2.24) is 9.80 Å². The molecule has 174 valence electrons. The number of morpholine rings is 1. The highest BCUT2D eigenvalue weighted by molar-refractivity contribution is 5.93. The Kier molecular flexibility index (Phi) is 6.48. The van der Waals surface area contributed by atoms with Gasteiger partial charge in [-0.25, -0.2) is 4.79 Å². The summed E-state index contributed by atoms with van der Waals surface area (Å²) in [5.74, 6) is 1.20. The van der Waals surface area contributed by atoms with Crippen molar-refractivity contribution in [1.29, 1.82) is 0 Å². The number of nitrogens with zero attached hydrogens (tertiary/aromatic N) is 2. The van der Waals surface area contributed by atoms with Crippen LogP contribution >= 0.6 is 0 Å². The molecule has 3 aliphatic heterocycles. The van der Waals surface area contributed by atoms with Gasteiger partial charge in [0.15, 0.2) is 0 Å². The molecule has 1 N–H and O–H groups in total. The number of carbonyl (C=O) groups excluding carboxylic acids is 2. The molecule has 0 saturated carbocycles. The van der Waals surface area contributed by atoms with Crippen LogP contribution < -0.4 is 10.1 Å². The second kappa shape index (κ2) is 9.83. The van der Waals surface area contributed by atoms with Gasteiger partial charge < -0.3 is 24.6 Å². The predicted octanol–water partition coefficient (Wildman–Crippen LogP) is 3.86. The summed E-state index contributed by atoms with van der Waals surface area (Å²) in [5.41, 5.74) is 2.87. The van der Waals surface area contributed by atoms with Gasteiger partial charge in [0.05, 0.1) is 25.5 Å². The van der Waals surface area contributed by atoms with E-state index in [-0.39, 0.29) is 23.8 Å². The van der Waals surface area contributed by atoms with E-state index in [0.29, 0.717) is 58.2 Å². The molecule has 0 aromatic heterocycles. The predicted molar refractivity (Wildman–Crippen MR) is 126 cm³/mol. The molecule has 2 saturated heterocycles. The van der Waals surface area contributed by atoms with E-state index in [2.05, 4.69) is 17.4 Å². The number of anilines is 1. The van der Waals surface area contributed by atoms with E-state index in [1.54, 1.807) is 0 Å². The zero-order valence-electron chi connectivity index (χ0n) is 18.9. The highest BCUT2D eigenvalue weighted by atomic mass is 16.5. The third-order valence-corrected chi connectivity index (χ3v) is 7.00. The average Bonchev–Trinajstić information content (AvgIpc) is 2.86. The lowest BCUT2D eigenvalue weighted by Crippen LogP contribution is -2.52. The minimum Gasteiger partial charge on any atom is -0.491 e. The van der Waals surface area contributed by atoms with Crippen LogP contribution in [0.2, 0.25) is 0 Å². The van der Waals surface area contributed by atoms with Crippen molar-refractivity contribution in [2.75, 3.05) is 51.3 Å². The molecule has 2 aromatic carbocycles. The second-order valence-electron chi connectivity index (χ2n) is 9.10. The fraction of sp³-hybridized carbons (Fsp3) is 0.462. The molecule has 0 bridgehead atoms. The lowest BCUT2D eigenvalue weighted by atomic mass is 9.81. The normalized spacial score (nSPS) is 23.6. The SMILES string of the molecule is O=C1C[C@@H]2CCN(C(=O)N3CCOCC3)C[C@@H]2CCOc2ccc(-c3ccccc3)cc2N1. The molecule has 3 aliphatic rings. The largest absolute Gasteiger partial charge is 0.491 e. The van der Waals surface area contributed by atoms with Gasteiger partial charge in [0, 0.05) is 32.6 Å². The number of amides is 3. The van der Waals surface area contributed by atoms with Crippen LogP contribution in [0.15, 0.2) is 48.5 Å². The summed E-state index contributed by atoms with van der Waals surface area (Å²) in [6.07, 6.45) is 2.13. The number of carbonyl (C=O) groups is 2. The molecular formula is C26H31N3O4. The molecule has 33 heavy (non-hydrogen) atoms. The fourth-order valence-electron chi connectivity index (χ4n) is 5.13. The molecule has 2 atom stereocenters. The summed E-state index contributed by atoms with van der Waals surface area (Å²) in [4.78, 5) is 29.8. The molecule has 2 fully saturated rings. The maximum Gasteiger partial charge on any atom is 0.320 e. The molecule has 0 unspecified atom stereocenters. The van der Waals surface area contributed by atoms with E-state index < -0.39 is 0 Å². The number of urea groups is 1. The van der Waals surface area contributed by atoms with Gasteiger partial charge in [0.2, 0.25) is 5.91 Å². The first-order chi connectivity index (χ1) is 16.2. The number of piperidine rings is 1. The van der Waals surface area contributed by atoms with Crippen LogP contribution in [0.3, 0.4) is 0 Å². The Balaban J connectivity index is 1.29. The average molecular weight is 450 g/mol. The lowest BCUT2D eigenvalue weighted by molar-refractivity contribution is -0.118. The van der Waals surface area contributed by atoms with E-state index in [4.69, 9.17) is 9.47 Å². The van der Waals surface area contributed by atoms with Crippen LogP contribution in [0, 0.1) is 11.8 Å². The van der Waals surface area contributed by atoms with Crippen molar-refractivity contribution >= 4 is 17.6 Å². The van der Waals surface area contributed by atoms with E-state index in [9.17, 15) is 9.59 Å². The maximum absolute atomic E-state index is 13.0. The van der Waals surface area contributed by atoms with Crippen molar-refractivity contribution in [2.24, 2.45) is 11.8 Å². The lowest BCUT2D eigenvalue weighted by Gasteiger charge is -2.41. The van der Waals surface area contributed by atoms with Crippen molar-refractivity contribution in [3.63, 3.8) is 0 Å². The molecule has 2 aromatic rings. The van der Waals surface area contributed by atoms with E-state index in [1.807, 2.05) is 46.2 Å². The van der Waals surface area contributed by atoms with Gasteiger partial charge >= 0.3 is 6.03 Å². The number of hydrogen-bond acceptors (Lipinski definition) is 4. The maximum atomic E-state index is 13.0. The number of benzene rings is 2. The van der Waals surface area contributed by atoms with Crippen LogP contribution in [0.1, 0.15) is 19.3 Å². The summed E-state index contributed by atoms with van der Waals surface area (Å²) in [6, 6.07) is 16.2. The first kappa shape index (κ1) is 21.8. The zero-order chi connectivity index (χ0) is 22.6. The van der Waals surface area contributed by atoms with Crippen molar-refractivity contribution < 1.29 is 19.1 Å². The number of rotatable bonds is 1. The smallest absolute Gasteiger partial charge is 0.320 e. The molecule has 3 amide bonds. The van der Waals surface area contributed by atoms with Crippen molar-refractivity contribution in [3.05, 3.63) is 48.5 Å². The van der Waals surface area contributed by atoms with Gasteiger partial charge in [-0.15, -0.1) is 0 Å². The zero-order valence-corrected chi connectivity index (χ0v) is 18.9. The molecule has 0 spiro atoms. The van der Waals surface area contributed by atoms with Crippen LogP contribution in [-0.2, 0) is 9.53 Å². The minimum absolute atomic E-state index is 0.00918. The number of likely N-dealkylation sites (tertiary alicyclic amines) is 1. The molecule has 7 heteroatoms. The molecule has 5 rings (SSSR count). The molecule has 3 heterocycles. The van der Waals surface area contributed by atoms with Gasteiger partial charge in [0.25, 0.3) is 0 Å². The monoisotopic (exact) mass is 449 g/mol. The summed E-state index contributed by atoms with van der Waals surface area (Å²) >= 11 is 0. The standard InChI is InChI=1S/C26H31N3O4/c30-25-17-21-8-10-29(26(31)28-11-14-32-15-12-28)18-22(21)9-13-33-24-7-6-20(16-23(24)27-25)19-4-2-1-3-5-19/h1-7,16,21-22H,8-15,17-18H2,(H,27,30)/t21-,22-/m0/s1. The Labute approximate surface area is 194 Å². The Morgan fingerprint density at radius 3 is 2.52 bits per heavy atom. The minimum atomic E-state index is 0.00918. The fourth-order valence-corrected chi connectivity index (χ4v) is 5.13. The first-order valence-electron chi connectivity index (χ1n) is 11.9. The van der Waals surface area contributed by atoms with Gasteiger partial charge in [-0.3, -0.25) is 4.79 Å². The molecular weight excluding hydrogens is 418 g/mol. The number of nitrogens with one attached hydrogen (secondary N) is 1. The number of hydrogen-bond donors (Lipinski definition) is 1. The first-order valence-corrected chi connectivity index (χ1v) is 11.9. The van der Waals surface area contributed by atoms with Crippen LogP contribution in [0.5, 0.6) is 5.75 Å². The topological polar surface area (TPSA) is 71.1 Å². The van der Waals surface area contributed by atoms with Crippen molar-refractivity contribution in [2.45, 2.75) is 19.3 Å². The van der Waals surface area contributed by atoms with Crippen LogP contribution in [0.25, 0.3) is 11.1 Å². The third kappa shape index (κ3) is 4.98. The molecule has 0 aliphatic carbocycles. The van der Waals surface area contributed by atoms with Crippen LogP contribution in [0.4, 0.5) is 10.5 Å². The Morgan fingerprint density at radius 2 is 1.70 bits per heavy atom. The van der Waals surface area contributed by atoms with E-state index in [1.165, 1.54) is 0 Å². The third-order valence-electron chi connectivity index (χ3n) is 7.00. The van der Waals surface area contributed by atoms with E-state index in [0.717, 1.165) is 29.7 Å². The Hall–Kier alpha value is -3.06. The Morgan fingerprint density at radius 1 is 0.879 bits per heavy atom. The summed E-state index contributed by atoms with van der Waals surface area (Å²) in [6.45, 7) is 4.44. The number of ether oxygens (including phenoxy) is 2. The second-order valence-corrected chi connectivity index (χ2v) is 9.10. The highest BCUT2D eigenvalue weighted by Gasteiger charge is 2.35. The number of fused-ring (bicyclic) bond motifs is 2. The van der Waals surface area contributed by atoms with E-state index >= 15 is 0 Å².